The number of nitrogens with zero attached hydrogens (tertiary/aromatic N) is 4. The van der Waals surface area contributed by atoms with E-state index in [4.69, 9.17) is 0 Å². The third-order valence-electron chi connectivity index (χ3n) is 4.52. The standard InChI is InChI=1S/C18H22N6O3/c1-4-5-10-24-14-15(23(3)18(27)20-16(14)26)19-17(24)22-21-11(2)12-8-6-7-9-13(12)25/h4-9,14-15,25H,10H2,1-3H3,(H,19,22)(H,20,26,27)/b5-4+,21-11+. The second kappa shape index (κ2) is 7.48. The smallest absolute Gasteiger partial charge is 0.325 e. The van der Waals surface area contributed by atoms with Crippen LogP contribution in [0.1, 0.15) is 19.4 Å². The molecule has 2 aliphatic heterocycles. The molecule has 3 N–H and O–H groups in total. The topological polar surface area (TPSA) is 110 Å². The summed E-state index contributed by atoms with van der Waals surface area (Å²) in [6.07, 6.45) is 3.14. The van der Waals surface area contributed by atoms with Gasteiger partial charge in [-0.05, 0) is 26.0 Å². The van der Waals surface area contributed by atoms with Crippen LogP contribution in [0, 0.1) is 0 Å². The summed E-state index contributed by atoms with van der Waals surface area (Å²) >= 11 is 0. The molecule has 1 fully saturated rings. The van der Waals surface area contributed by atoms with Crippen LogP contribution in [0.2, 0.25) is 0 Å². The van der Waals surface area contributed by atoms with Crippen LogP contribution >= 0.6 is 0 Å². The first-order valence-corrected chi connectivity index (χ1v) is 8.56. The van der Waals surface area contributed by atoms with E-state index in [1.54, 1.807) is 43.1 Å². The molecule has 2 heterocycles. The van der Waals surface area contributed by atoms with E-state index in [1.807, 2.05) is 19.1 Å². The SMILES string of the molecule is C/C=C/CN1C(N/N=C(\C)c2ccccc2O)=NC2C1C(=O)NC(=O)N2C. The van der Waals surface area contributed by atoms with Gasteiger partial charge < -0.3 is 14.9 Å². The van der Waals surface area contributed by atoms with Gasteiger partial charge in [0.05, 0.1) is 5.71 Å². The molecule has 0 saturated carbocycles. The number of fused-ring (bicyclic) bond motifs is 1. The molecule has 9 heteroatoms. The number of amides is 3. The van der Waals surface area contributed by atoms with Crippen molar-refractivity contribution >= 4 is 23.6 Å². The number of phenols is 1. The van der Waals surface area contributed by atoms with E-state index < -0.39 is 24.1 Å². The second-order valence-electron chi connectivity index (χ2n) is 6.26. The van der Waals surface area contributed by atoms with Crippen LogP contribution in [0.4, 0.5) is 4.79 Å². The molecule has 0 bridgehead atoms. The summed E-state index contributed by atoms with van der Waals surface area (Å²) in [7, 11) is 1.59. The van der Waals surface area contributed by atoms with E-state index in [-0.39, 0.29) is 5.75 Å². The predicted octanol–water partition coefficient (Wildman–Crippen LogP) is 0.830. The molecule has 2 aliphatic rings. The minimum atomic E-state index is -0.632. The second-order valence-corrected chi connectivity index (χ2v) is 6.26. The lowest BCUT2D eigenvalue weighted by atomic mass is 10.1. The van der Waals surface area contributed by atoms with Gasteiger partial charge in [0.25, 0.3) is 5.91 Å². The third kappa shape index (κ3) is 3.48. The zero-order chi connectivity index (χ0) is 19.6. The van der Waals surface area contributed by atoms with Crippen LogP contribution in [-0.4, -0.2) is 64.3 Å². The highest BCUT2D eigenvalue weighted by molar-refractivity contribution is 6.04. The Balaban J connectivity index is 1.87. The molecule has 0 radical (unpaired) electrons. The number of hydrogen-bond acceptors (Lipinski definition) is 7. The molecule has 0 spiro atoms. The summed E-state index contributed by atoms with van der Waals surface area (Å²) in [5, 5.41) is 16.6. The Hall–Kier alpha value is -3.36. The van der Waals surface area contributed by atoms with Gasteiger partial charge in [0.1, 0.15) is 5.75 Å². The van der Waals surface area contributed by atoms with Crippen molar-refractivity contribution in [1.82, 2.24) is 20.5 Å². The fourth-order valence-corrected chi connectivity index (χ4v) is 3.01. The number of guanidine groups is 1. The maximum absolute atomic E-state index is 12.4. The summed E-state index contributed by atoms with van der Waals surface area (Å²) in [5.74, 6) is 0.113. The molecule has 1 aromatic rings. The zero-order valence-corrected chi connectivity index (χ0v) is 15.4. The normalized spacial score (nSPS) is 22.8. The maximum Gasteiger partial charge on any atom is 0.325 e. The van der Waals surface area contributed by atoms with Gasteiger partial charge in [0, 0.05) is 19.2 Å². The lowest BCUT2D eigenvalue weighted by Gasteiger charge is -2.35. The Kier molecular flexibility index (Phi) is 5.11. The van der Waals surface area contributed by atoms with E-state index in [0.29, 0.717) is 23.8 Å². The molecule has 3 rings (SSSR count). The van der Waals surface area contributed by atoms with Crippen molar-refractivity contribution in [3.05, 3.63) is 42.0 Å². The minimum Gasteiger partial charge on any atom is -0.507 e. The third-order valence-corrected chi connectivity index (χ3v) is 4.52. The molecule has 3 amide bonds. The average molecular weight is 370 g/mol. The fraction of sp³-hybridized carbons (Fsp3) is 0.333. The number of hydrogen-bond donors (Lipinski definition) is 3. The lowest BCUT2D eigenvalue weighted by Crippen LogP contribution is -2.64. The number of likely N-dealkylation sites (N-methyl/N-ethyl adjacent to an activating group) is 1. The summed E-state index contributed by atoms with van der Waals surface area (Å²) in [4.78, 5) is 31.9. The summed E-state index contributed by atoms with van der Waals surface area (Å²) < 4.78 is 0. The molecule has 2 unspecified atom stereocenters. The number of para-hydroxylation sites is 1. The number of imide groups is 1. The first-order chi connectivity index (χ1) is 12.9. The van der Waals surface area contributed by atoms with E-state index in [9.17, 15) is 14.7 Å². The Labute approximate surface area is 157 Å². The average Bonchev–Trinajstić information content (AvgIpc) is 3.02. The lowest BCUT2D eigenvalue weighted by molar-refractivity contribution is -0.126. The molecule has 1 saturated heterocycles. The van der Waals surface area contributed by atoms with Crippen molar-refractivity contribution < 1.29 is 14.7 Å². The Morgan fingerprint density at radius 3 is 2.85 bits per heavy atom. The molecule has 1 aromatic carbocycles. The van der Waals surface area contributed by atoms with Gasteiger partial charge in [-0.3, -0.25) is 10.1 Å². The Morgan fingerprint density at radius 2 is 2.15 bits per heavy atom. The molecular formula is C18H22N6O3. The van der Waals surface area contributed by atoms with Crippen LogP contribution in [0.5, 0.6) is 5.75 Å². The summed E-state index contributed by atoms with van der Waals surface area (Å²) in [6, 6.07) is 5.76. The number of carbonyl (C=O) groups is 2. The number of benzene rings is 1. The number of aromatic hydroxyl groups is 1. The van der Waals surface area contributed by atoms with E-state index in [0.717, 1.165) is 0 Å². The van der Waals surface area contributed by atoms with Gasteiger partial charge in [-0.15, -0.1) is 0 Å². The van der Waals surface area contributed by atoms with Gasteiger partial charge in [-0.2, -0.15) is 5.10 Å². The highest BCUT2D eigenvalue weighted by Gasteiger charge is 2.48. The van der Waals surface area contributed by atoms with Crippen molar-refractivity contribution in [1.29, 1.82) is 0 Å². The van der Waals surface area contributed by atoms with E-state index >= 15 is 0 Å². The highest BCUT2D eigenvalue weighted by atomic mass is 16.3. The first-order valence-electron chi connectivity index (χ1n) is 8.56. The number of nitrogens with one attached hydrogen (secondary N) is 2. The largest absolute Gasteiger partial charge is 0.507 e. The monoisotopic (exact) mass is 370 g/mol. The van der Waals surface area contributed by atoms with Crippen molar-refractivity contribution in [3.63, 3.8) is 0 Å². The van der Waals surface area contributed by atoms with Crippen LogP contribution in [-0.2, 0) is 4.79 Å². The molecule has 142 valence electrons. The predicted molar refractivity (Wildman–Crippen MR) is 101 cm³/mol. The van der Waals surface area contributed by atoms with E-state index in [1.165, 1.54) is 4.90 Å². The first kappa shape index (κ1) is 18.4. The van der Waals surface area contributed by atoms with Crippen LogP contribution in [0.25, 0.3) is 0 Å². The number of phenolic OH excluding ortho intramolecular Hbond substituents is 1. The van der Waals surface area contributed by atoms with Gasteiger partial charge in [0.15, 0.2) is 12.2 Å². The number of allylic oxidation sites excluding steroid dienone is 1. The summed E-state index contributed by atoms with van der Waals surface area (Å²) in [6.45, 7) is 4.07. The molecule has 0 aliphatic carbocycles. The van der Waals surface area contributed by atoms with Crippen LogP contribution in [0.3, 0.4) is 0 Å². The molecule has 9 nitrogen and oxygen atoms in total. The molecule has 0 aromatic heterocycles. The van der Waals surface area contributed by atoms with Crippen molar-refractivity contribution in [3.8, 4) is 5.75 Å². The van der Waals surface area contributed by atoms with Gasteiger partial charge in [0.2, 0.25) is 5.96 Å². The van der Waals surface area contributed by atoms with Crippen LogP contribution in [0.15, 0.2) is 46.5 Å². The Morgan fingerprint density at radius 1 is 1.41 bits per heavy atom. The zero-order valence-electron chi connectivity index (χ0n) is 15.4. The molecular weight excluding hydrogens is 348 g/mol. The number of aliphatic imine (C=N–C) groups is 1. The molecule has 27 heavy (non-hydrogen) atoms. The van der Waals surface area contributed by atoms with E-state index in [2.05, 4.69) is 20.8 Å². The summed E-state index contributed by atoms with van der Waals surface area (Å²) in [5.41, 5.74) is 4.03. The van der Waals surface area contributed by atoms with Gasteiger partial charge >= 0.3 is 6.03 Å². The van der Waals surface area contributed by atoms with Gasteiger partial charge in [-0.25, -0.2) is 15.2 Å². The quantitative estimate of drug-likeness (QED) is 0.413. The minimum absolute atomic E-state index is 0.123. The number of rotatable bonds is 4. The number of carbonyl (C=O) groups excluding carboxylic acids is 2. The number of urea groups is 1. The number of hydrazone groups is 1. The maximum atomic E-state index is 12.4. The van der Waals surface area contributed by atoms with Crippen molar-refractivity contribution in [2.75, 3.05) is 13.6 Å². The van der Waals surface area contributed by atoms with Gasteiger partial charge in [-0.1, -0.05) is 24.3 Å². The Bertz CT molecular complexity index is 847. The highest BCUT2D eigenvalue weighted by Crippen LogP contribution is 2.23. The fourth-order valence-electron chi connectivity index (χ4n) is 3.01. The van der Waals surface area contributed by atoms with Crippen LogP contribution < -0.4 is 10.7 Å². The molecule has 2 atom stereocenters. The van der Waals surface area contributed by atoms with Crippen molar-refractivity contribution in [2.24, 2.45) is 10.1 Å². The van der Waals surface area contributed by atoms with Crippen molar-refractivity contribution in [2.45, 2.75) is 26.1 Å².